The Hall–Kier alpha value is -7.74. The average Bonchev–Trinajstić information content (AvgIpc) is 4.08. The Bertz CT molecular complexity index is 2860. The summed E-state index contributed by atoms with van der Waals surface area (Å²) in [6.07, 6.45) is 2.18. The second kappa shape index (κ2) is 15.5. The maximum atomic E-state index is 14.0. The maximum absolute atomic E-state index is 14.0. The Balaban J connectivity index is 0.000000233. The molecule has 1 atom stereocenters. The van der Waals surface area contributed by atoms with E-state index in [1.54, 1.807) is 53.4 Å². The number of H-pyrrole nitrogens is 1. The van der Waals surface area contributed by atoms with E-state index in [1.165, 1.54) is 44.1 Å². The van der Waals surface area contributed by atoms with E-state index in [0.29, 0.717) is 47.9 Å². The minimum absolute atomic E-state index is 0. The lowest BCUT2D eigenvalue weighted by molar-refractivity contribution is -0.119. The van der Waals surface area contributed by atoms with Crippen LogP contribution in [0.5, 0.6) is 11.5 Å². The molecule has 2 fully saturated rings. The van der Waals surface area contributed by atoms with E-state index >= 15 is 0 Å². The number of ketones is 1. The van der Waals surface area contributed by atoms with Crippen LogP contribution in [0.3, 0.4) is 0 Å². The molecule has 13 nitrogen and oxygen atoms in total. The van der Waals surface area contributed by atoms with Crippen LogP contribution in [0.15, 0.2) is 115 Å². The van der Waals surface area contributed by atoms with Gasteiger partial charge in [-0.15, -0.1) is 0 Å². The number of primary amides is 1. The molecule has 5 aromatic carbocycles. The monoisotopic (exact) mass is 819 g/mol. The molecule has 2 saturated heterocycles. The van der Waals surface area contributed by atoms with Gasteiger partial charge >= 0.3 is 12.1 Å². The van der Waals surface area contributed by atoms with E-state index in [-0.39, 0.29) is 42.2 Å². The van der Waals surface area contributed by atoms with Crippen LogP contribution < -0.4 is 21.1 Å². The summed E-state index contributed by atoms with van der Waals surface area (Å²) in [5.41, 5.74) is 20.0. The van der Waals surface area contributed by atoms with Gasteiger partial charge in [0.1, 0.15) is 24.2 Å². The Morgan fingerprint density at radius 3 is 2.26 bits per heavy atom. The molecule has 0 spiro atoms. The number of ether oxygens (including phenoxy) is 2. The molecule has 0 saturated carbocycles. The predicted molar refractivity (Wildman–Crippen MR) is 230 cm³/mol. The number of aryl methyl sites for hydroxylation is 2. The largest absolute Gasteiger partial charge is 0.454 e. The van der Waals surface area contributed by atoms with Crippen LogP contribution >= 0.6 is 0 Å². The summed E-state index contributed by atoms with van der Waals surface area (Å²) in [5.74, 6) is -0.240. The van der Waals surface area contributed by atoms with Crippen LogP contribution in [0.25, 0.3) is 27.7 Å². The van der Waals surface area contributed by atoms with Crippen molar-refractivity contribution in [2.75, 3.05) is 23.8 Å². The summed E-state index contributed by atoms with van der Waals surface area (Å²) >= 11 is 0. The van der Waals surface area contributed by atoms with Gasteiger partial charge in [-0.25, -0.2) is 23.6 Å². The molecule has 1 unspecified atom stereocenters. The zero-order chi connectivity index (χ0) is 42.5. The number of urea groups is 1. The molecule has 0 bridgehead atoms. The standard InChI is InChI=1S/C32H27FN6O4.C15H13NO2.H2/c1-17-12-19-14-24(36-23(19)15-27(17)38-31(41)26-7-5-11-37(26)32(38)42)29(40)21-16-35-39(30(21)34)25-10-9-20(13-18(25)2)43-28-8-4-3-6-22(28)33;16-15(17)18-9-14-12-7-3-1-5-10(12)11-6-2-4-8-13(11)14;/h3-4,6,8-10,12-16,26,36H,5,7,11,34H2,1-2H3;1-8,14H,9H2,(H2,16,17);1H. The van der Waals surface area contributed by atoms with E-state index in [1.807, 2.05) is 44.2 Å². The van der Waals surface area contributed by atoms with Gasteiger partial charge in [0.25, 0.3) is 5.91 Å². The minimum atomic E-state index is -0.725. The number of nitrogens with two attached hydrogens (primary N) is 2. The van der Waals surface area contributed by atoms with E-state index in [0.717, 1.165) is 22.9 Å². The van der Waals surface area contributed by atoms with Crippen molar-refractivity contribution in [3.05, 3.63) is 155 Å². The number of nitrogens with one attached hydrogen (secondary N) is 1. The molecule has 308 valence electrons. The molecule has 4 amide bonds. The number of aromatic amines is 1. The zero-order valence-corrected chi connectivity index (χ0v) is 33.2. The highest BCUT2D eigenvalue weighted by atomic mass is 19.1. The molecule has 2 aromatic heterocycles. The quantitative estimate of drug-likeness (QED) is 0.101. The lowest BCUT2D eigenvalue weighted by Crippen LogP contribution is -2.33. The van der Waals surface area contributed by atoms with E-state index in [4.69, 9.17) is 20.9 Å². The Morgan fingerprint density at radius 1 is 0.885 bits per heavy atom. The topological polar surface area (TPSA) is 179 Å². The molecular formula is C47H42FN7O6. The van der Waals surface area contributed by atoms with Crippen LogP contribution in [0.1, 0.15) is 58.5 Å². The van der Waals surface area contributed by atoms with Gasteiger partial charge in [-0.1, -0.05) is 60.7 Å². The molecule has 3 aliphatic rings. The average molecular weight is 820 g/mol. The normalized spacial score (nSPS) is 15.4. The van der Waals surface area contributed by atoms with Gasteiger partial charge in [-0.05, 0) is 109 Å². The maximum Gasteiger partial charge on any atom is 0.404 e. The number of benzene rings is 5. The molecule has 5 N–H and O–H groups in total. The fraction of sp³-hybridized carbons (Fsp3) is 0.170. The third kappa shape index (κ3) is 6.91. The number of imide groups is 1. The van der Waals surface area contributed by atoms with Crippen molar-refractivity contribution in [1.29, 1.82) is 0 Å². The third-order valence-corrected chi connectivity index (χ3v) is 11.5. The molecular weight excluding hydrogens is 778 g/mol. The molecule has 7 aromatic rings. The predicted octanol–water partition coefficient (Wildman–Crippen LogP) is 8.79. The number of nitrogen functional groups attached to an aromatic ring is 1. The van der Waals surface area contributed by atoms with Gasteiger partial charge in [-0.2, -0.15) is 5.10 Å². The molecule has 0 radical (unpaired) electrons. The van der Waals surface area contributed by atoms with Crippen molar-refractivity contribution in [3.8, 4) is 28.3 Å². The minimum Gasteiger partial charge on any atom is -0.454 e. The number of amides is 4. The number of hydrogen-bond acceptors (Lipinski definition) is 8. The number of aromatic nitrogens is 3. The number of para-hydroxylation sites is 1. The number of anilines is 2. The van der Waals surface area contributed by atoms with E-state index < -0.39 is 18.0 Å². The van der Waals surface area contributed by atoms with Crippen LogP contribution in [-0.2, 0) is 9.53 Å². The number of rotatable bonds is 8. The molecule has 10 rings (SSSR count). The SMILES string of the molecule is Cc1cc2cc(C(=O)c3cnn(-c4ccc(Oc5ccccc5F)cc4C)c3N)[nH]c2cc1N1C(=O)C2CCCN2C1=O.NC(=O)OCC1c2ccccc2-c2ccccc21.[HH]. The number of carbonyl (C=O) groups excluding carboxylic acids is 4. The highest BCUT2D eigenvalue weighted by Gasteiger charge is 2.48. The van der Waals surface area contributed by atoms with Crippen LogP contribution in [0, 0.1) is 19.7 Å². The summed E-state index contributed by atoms with van der Waals surface area (Å²) < 4.78 is 26.2. The lowest BCUT2D eigenvalue weighted by Gasteiger charge is -2.17. The summed E-state index contributed by atoms with van der Waals surface area (Å²) in [4.78, 5) is 56.4. The summed E-state index contributed by atoms with van der Waals surface area (Å²) in [7, 11) is 0. The highest BCUT2D eigenvalue weighted by molar-refractivity contribution is 6.22. The van der Waals surface area contributed by atoms with Crippen LogP contribution in [0.2, 0.25) is 0 Å². The second-order valence-electron chi connectivity index (χ2n) is 15.2. The zero-order valence-electron chi connectivity index (χ0n) is 33.2. The molecule has 2 aliphatic heterocycles. The smallest absolute Gasteiger partial charge is 0.404 e. The Labute approximate surface area is 350 Å². The Kier molecular flexibility index (Phi) is 9.82. The number of halogens is 1. The first kappa shape index (κ1) is 38.8. The van der Waals surface area contributed by atoms with E-state index in [9.17, 15) is 23.6 Å². The molecule has 1 aliphatic carbocycles. The van der Waals surface area contributed by atoms with Crippen molar-refractivity contribution in [2.45, 2.75) is 38.6 Å². The summed E-state index contributed by atoms with van der Waals surface area (Å²) in [6.45, 7) is 4.55. The number of carbonyl (C=O) groups is 4. The van der Waals surface area contributed by atoms with Crippen molar-refractivity contribution in [1.82, 2.24) is 19.7 Å². The fourth-order valence-electron chi connectivity index (χ4n) is 8.55. The van der Waals surface area contributed by atoms with Gasteiger partial charge in [0.2, 0.25) is 5.78 Å². The van der Waals surface area contributed by atoms with E-state index in [2.05, 4.69) is 34.3 Å². The van der Waals surface area contributed by atoms with Crippen molar-refractivity contribution in [2.24, 2.45) is 5.73 Å². The first-order valence-electron chi connectivity index (χ1n) is 19.8. The van der Waals surface area contributed by atoms with Crippen LogP contribution in [0.4, 0.5) is 25.5 Å². The second-order valence-corrected chi connectivity index (χ2v) is 15.2. The molecule has 4 heterocycles. The van der Waals surface area contributed by atoms with Gasteiger partial charge in [0.15, 0.2) is 11.6 Å². The van der Waals surface area contributed by atoms with Crippen molar-refractivity contribution < 1.29 is 34.5 Å². The first-order valence-corrected chi connectivity index (χ1v) is 19.8. The van der Waals surface area contributed by atoms with Gasteiger partial charge in [-0.3, -0.25) is 9.59 Å². The summed E-state index contributed by atoms with van der Waals surface area (Å²) in [5, 5.41) is 5.13. The first-order chi connectivity index (χ1) is 29.5. The van der Waals surface area contributed by atoms with Crippen molar-refractivity contribution >= 4 is 46.2 Å². The van der Waals surface area contributed by atoms with Gasteiger partial charge in [0, 0.05) is 24.8 Å². The third-order valence-electron chi connectivity index (χ3n) is 11.5. The molecule has 14 heteroatoms. The van der Waals surface area contributed by atoms with Crippen LogP contribution in [-0.4, -0.2) is 62.7 Å². The highest BCUT2D eigenvalue weighted by Crippen LogP contribution is 2.44. The number of hydrogen-bond donors (Lipinski definition) is 3. The Morgan fingerprint density at radius 2 is 1.57 bits per heavy atom. The fourth-order valence-corrected chi connectivity index (χ4v) is 8.55. The molecule has 61 heavy (non-hydrogen) atoms. The lowest BCUT2D eigenvalue weighted by atomic mass is 9.98. The van der Waals surface area contributed by atoms with Gasteiger partial charge < -0.3 is 30.8 Å². The summed E-state index contributed by atoms with van der Waals surface area (Å²) in [6, 6.07) is 32.3. The number of fused-ring (bicyclic) bond motifs is 5. The number of nitrogens with zero attached hydrogens (tertiary/aromatic N) is 4. The van der Waals surface area contributed by atoms with Gasteiger partial charge in [0.05, 0.1) is 28.8 Å². The van der Waals surface area contributed by atoms with Crippen molar-refractivity contribution in [3.63, 3.8) is 0 Å².